The van der Waals surface area contributed by atoms with Crippen LogP contribution in [0.15, 0.2) is 29.2 Å². The van der Waals surface area contributed by atoms with Crippen molar-refractivity contribution in [3.8, 4) is 0 Å². The summed E-state index contributed by atoms with van der Waals surface area (Å²) < 4.78 is 25.9. The summed E-state index contributed by atoms with van der Waals surface area (Å²) >= 11 is 0. The molecule has 1 saturated heterocycles. The van der Waals surface area contributed by atoms with E-state index in [0.717, 1.165) is 23.3 Å². The molecule has 0 bridgehead atoms. The number of amides is 1. The van der Waals surface area contributed by atoms with Gasteiger partial charge in [0.2, 0.25) is 15.9 Å². The average molecular weight is 370 g/mol. The van der Waals surface area contributed by atoms with Gasteiger partial charge >= 0.3 is 0 Å². The second-order valence-corrected chi connectivity index (χ2v) is 8.20. The second-order valence-electron chi connectivity index (χ2n) is 6.16. The van der Waals surface area contributed by atoms with E-state index in [2.05, 4.69) is 10.6 Å². The van der Waals surface area contributed by atoms with Gasteiger partial charge < -0.3 is 10.6 Å². The van der Waals surface area contributed by atoms with Crippen molar-refractivity contribution in [3.05, 3.63) is 34.4 Å². The van der Waals surface area contributed by atoms with Gasteiger partial charge in [-0.15, -0.1) is 0 Å². The van der Waals surface area contributed by atoms with Crippen molar-refractivity contribution in [3.63, 3.8) is 0 Å². The van der Waals surface area contributed by atoms with Gasteiger partial charge in [0.15, 0.2) is 0 Å². The zero-order chi connectivity index (χ0) is 18.6. The van der Waals surface area contributed by atoms with E-state index < -0.39 is 20.9 Å². The van der Waals surface area contributed by atoms with Gasteiger partial charge in [-0.25, -0.2) is 8.42 Å². The quantitative estimate of drug-likeness (QED) is 0.550. The van der Waals surface area contributed by atoms with E-state index in [0.29, 0.717) is 12.5 Å². The van der Waals surface area contributed by atoms with Gasteiger partial charge in [-0.1, -0.05) is 13.0 Å². The molecule has 0 radical (unpaired) electrons. The van der Waals surface area contributed by atoms with Gasteiger partial charge in [0.05, 0.1) is 16.4 Å². The molecule has 0 aliphatic carbocycles. The standard InChI is InChI=1S/C15H22N4O5S/c1-11-6-7-16-9-14(11)17-15(20)10-18(2)25(23,24)13-5-3-4-12(8-13)19(21)22/h3-5,8,11,14,16H,6-7,9-10H2,1-2H3,(H,17,20). The topological polar surface area (TPSA) is 122 Å². The number of nitrogens with one attached hydrogen (secondary N) is 2. The van der Waals surface area contributed by atoms with Crippen molar-refractivity contribution in [2.45, 2.75) is 24.3 Å². The van der Waals surface area contributed by atoms with Crippen molar-refractivity contribution in [2.24, 2.45) is 5.92 Å². The molecule has 9 nitrogen and oxygen atoms in total. The summed E-state index contributed by atoms with van der Waals surface area (Å²) in [5.41, 5.74) is -0.318. The van der Waals surface area contributed by atoms with Crippen LogP contribution in [0.4, 0.5) is 5.69 Å². The first kappa shape index (κ1) is 19.3. The molecule has 138 valence electrons. The lowest BCUT2D eigenvalue weighted by atomic mass is 9.95. The number of non-ortho nitro benzene ring substituents is 1. The Labute approximate surface area is 146 Å². The zero-order valence-corrected chi connectivity index (χ0v) is 15.0. The Morgan fingerprint density at radius 3 is 2.84 bits per heavy atom. The number of likely N-dealkylation sites (N-methyl/N-ethyl adjacent to an activating group) is 1. The lowest BCUT2D eigenvalue weighted by molar-refractivity contribution is -0.385. The molecule has 1 amide bonds. The largest absolute Gasteiger partial charge is 0.351 e. The van der Waals surface area contributed by atoms with E-state index in [1.54, 1.807) is 0 Å². The summed E-state index contributed by atoms with van der Waals surface area (Å²) in [6.07, 6.45) is 0.937. The van der Waals surface area contributed by atoms with Crippen molar-refractivity contribution in [2.75, 3.05) is 26.7 Å². The molecule has 0 aromatic heterocycles. The first-order valence-electron chi connectivity index (χ1n) is 7.92. The minimum atomic E-state index is -3.99. The van der Waals surface area contributed by atoms with E-state index in [1.807, 2.05) is 6.92 Å². The minimum absolute atomic E-state index is 0.0461. The molecule has 2 rings (SSSR count). The molecule has 10 heteroatoms. The number of hydrogen-bond donors (Lipinski definition) is 2. The van der Waals surface area contributed by atoms with Crippen LogP contribution in [0.3, 0.4) is 0 Å². The minimum Gasteiger partial charge on any atom is -0.351 e. The number of nitro groups is 1. The Balaban J connectivity index is 2.05. The van der Waals surface area contributed by atoms with Gasteiger partial charge in [0.1, 0.15) is 0 Å². The Morgan fingerprint density at radius 1 is 1.48 bits per heavy atom. The van der Waals surface area contributed by atoms with Crippen LogP contribution in [-0.2, 0) is 14.8 Å². The summed E-state index contributed by atoms with van der Waals surface area (Å²) in [6, 6.07) is 4.72. The van der Waals surface area contributed by atoms with Crippen LogP contribution in [0.2, 0.25) is 0 Å². The van der Waals surface area contributed by atoms with E-state index in [9.17, 15) is 23.3 Å². The highest BCUT2D eigenvalue weighted by Crippen LogP contribution is 2.20. The Morgan fingerprint density at radius 2 is 2.20 bits per heavy atom. The summed E-state index contributed by atoms with van der Waals surface area (Å²) in [7, 11) is -2.72. The number of benzene rings is 1. The number of carbonyl (C=O) groups is 1. The van der Waals surface area contributed by atoms with E-state index in [1.165, 1.54) is 25.2 Å². The van der Waals surface area contributed by atoms with Crippen LogP contribution in [0.1, 0.15) is 13.3 Å². The molecule has 0 spiro atoms. The van der Waals surface area contributed by atoms with Gasteiger partial charge in [-0.05, 0) is 24.9 Å². The van der Waals surface area contributed by atoms with E-state index in [-0.39, 0.29) is 23.2 Å². The number of carbonyl (C=O) groups excluding carboxylic acids is 1. The first-order chi connectivity index (χ1) is 11.7. The van der Waals surface area contributed by atoms with Gasteiger partial charge in [0, 0.05) is 31.8 Å². The molecule has 2 atom stereocenters. The number of hydrogen-bond acceptors (Lipinski definition) is 6. The number of rotatable bonds is 6. The lowest BCUT2D eigenvalue weighted by Crippen LogP contribution is -2.52. The maximum atomic E-state index is 12.5. The van der Waals surface area contributed by atoms with Crippen molar-refractivity contribution >= 4 is 21.6 Å². The maximum absolute atomic E-state index is 12.5. The third-order valence-electron chi connectivity index (χ3n) is 4.28. The molecule has 1 aliphatic rings. The Bertz CT molecular complexity index is 752. The molecule has 0 saturated carbocycles. The predicted octanol–water partition coefficient (Wildman–Crippen LogP) is 0.330. The molecule has 1 aliphatic heterocycles. The third-order valence-corrected chi connectivity index (χ3v) is 6.08. The fraction of sp³-hybridized carbons (Fsp3) is 0.533. The monoisotopic (exact) mass is 370 g/mol. The van der Waals surface area contributed by atoms with Gasteiger partial charge in [-0.3, -0.25) is 14.9 Å². The van der Waals surface area contributed by atoms with E-state index in [4.69, 9.17) is 0 Å². The van der Waals surface area contributed by atoms with Crippen molar-refractivity contribution in [1.29, 1.82) is 0 Å². The summed E-state index contributed by atoms with van der Waals surface area (Å²) in [5.74, 6) is -0.0963. The summed E-state index contributed by atoms with van der Waals surface area (Å²) in [5, 5.41) is 16.8. The molecule has 1 aromatic rings. The second kappa shape index (κ2) is 7.89. The van der Waals surface area contributed by atoms with Crippen LogP contribution < -0.4 is 10.6 Å². The summed E-state index contributed by atoms with van der Waals surface area (Å²) in [4.78, 5) is 22.1. The van der Waals surface area contributed by atoms with Crippen LogP contribution in [0, 0.1) is 16.0 Å². The molecule has 2 N–H and O–H groups in total. The Kier molecular flexibility index (Phi) is 6.09. The first-order valence-corrected chi connectivity index (χ1v) is 9.36. The van der Waals surface area contributed by atoms with Gasteiger partial charge in [-0.2, -0.15) is 4.31 Å². The van der Waals surface area contributed by atoms with Crippen LogP contribution >= 0.6 is 0 Å². The SMILES string of the molecule is CC1CCNCC1NC(=O)CN(C)S(=O)(=O)c1cccc([N+](=O)[O-])c1. The summed E-state index contributed by atoms with van der Waals surface area (Å²) in [6.45, 7) is 3.23. The number of piperidine rings is 1. The predicted molar refractivity (Wildman–Crippen MR) is 91.5 cm³/mol. The molecule has 1 fully saturated rings. The zero-order valence-electron chi connectivity index (χ0n) is 14.1. The van der Waals surface area contributed by atoms with Crippen LogP contribution in [-0.4, -0.2) is 56.3 Å². The smallest absolute Gasteiger partial charge is 0.270 e. The molecular weight excluding hydrogens is 348 g/mol. The van der Waals surface area contributed by atoms with Gasteiger partial charge in [0.25, 0.3) is 5.69 Å². The lowest BCUT2D eigenvalue weighted by Gasteiger charge is -2.30. The number of sulfonamides is 1. The third kappa shape index (κ3) is 4.74. The van der Waals surface area contributed by atoms with Crippen molar-refractivity contribution in [1.82, 2.24) is 14.9 Å². The Hall–Kier alpha value is -2.04. The highest BCUT2D eigenvalue weighted by Gasteiger charge is 2.27. The number of nitrogens with zero attached hydrogens (tertiary/aromatic N) is 2. The van der Waals surface area contributed by atoms with Crippen LogP contribution in [0.5, 0.6) is 0 Å². The molecule has 25 heavy (non-hydrogen) atoms. The molecule has 2 unspecified atom stereocenters. The van der Waals surface area contributed by atoms with Crippen molar-refractivity contribution < 1.29 is 18.1 Å². The number of nitro benzene ring substituents is 1. The highest BCUT2D eigenvalue weighted by atomic mass is 32.2. The highest BCUT2D eigenvalue weighted by molar-refractivity contribution is 7.89. The molecular formula is C15H22N4O5S. The average Bonchev–Trinajstić information content (AvgIpc) is 2.57. The fourth-order valence-electron chi connectivity index (χ4n) is 2.66. The maximum Gasteiger partial charge on any atom is 0.270 e. The molecule has 1 heterocycles. The van der Waals surface area contributed by atoms with Crippen LogP contribution in [0.25, 0.3) is 0 Å². The fourth-order valence-corrected chi connectivity index (χ4v) is 3.83. The normalized spacial score (nSPS) is 21.1. The van der Waals surface area contributed by atoms with E-state index >= 15 is 0 Å². The molecule has 1 aromatic carbocycles.